The molecule has 2 amide bonds. The van der Waals surface area contributed by atoms with Crippen LogP contribution in [0.1, 0.15) is 23.1 Å². The minimum Gasteiger partial charge on any atom is -0.326 e. The monoisotopic (exact) mass is 441 g/mol. The topological polar surface area (TPSA) is 61.8 Å². The summed E-state index contributed by atoms with van der Waals surface area (Å²) >= 11 is 7.49. The van der Waals surface area contributed by atoms with E-state index in [9.17, 15) is 9.59 Å². The largest absolute Gasteiger partial charge is 0.326 e. The Morgan fingerprint density at radius 1 is 1.27 bits per heavy atom. The summed E-state index contributed by atoms with van der Waals surface area (Å²) in [5.41, 5.74) is 4.50. The van der Waals surface area contributed by atoms with Gasteiger partial charge in [0.05, 0.1) is 5.69 Å². The second-order valence-electron chi connectivity index (χ2n) is 7.17. The van der Waals surface area contributed by atoms with Crippen LogP contribution in [-0.2, 0) is 9.59 Å². The van der Waals surface area contributed by atoms with Crippen molar-refractivity contribution in [3.63, 3.8) is 0 Å². The number of thioether (sulfide) groups is 1. The molecule has 0 spiro atoms. The number of halogens is 1. The van der Waals surface area contributed by atoms with Crippen LogP contribution in [-0.4, -0.2) is 33.7 Å². The Labute approximate surface area is 186 Å². The summed E-state index contributed by atoms with van der Waals surface area (Å²) < 4.78 is 0. The van der Waals surface area contributed by atoms with Gasteiger partial charge in [0.2, 0.25) is 11.8 Å². The molecule has 1 fully saturated rings. The van der Waals surface area contributed by atoms with E-state index in [1.807, 2.05) is 51.1 Å². The standard InChI is InChI=1S/C23H24ClN3O2S/c1-5-11-27-22(29)20(13-21(28)26-19-8-6-7-14(2)16(19)4)30-23(27)25-17-10-9-15(3)18(24)12-17/h5-10,12,20H,1,11,13H2,2-4H3,(H,26,28). The third-order valence-corrected chi connectivity index (χ3v) is 6.54. The molecule has 1 aliphatic rings. The SMILES string of the molecule is C=CCN1C(=O)C(CC(=O)Nc2cccc(C)c2C)SC1=Nc1ccc(C)c(Cl)c1. The molecule has 0 aliphatic carbocycles. The van der Waals surface area contributed by atoms with Crippen LogP contribution < -0.4 is 5.32 Å². The van der Waals surface area contributed by atoms with Gasteiger partial charge in [-0.2, -0.15) is 0 Å². The highest BCUT2D eigenvalue weighted by Crippen LogP contribution is 2.33. The first kappa shape index (κ1) is 22.1. The van der Waals surface area contributed by atoms with Crippen LogP contribution in [0.5, 0.6) is 0 Å². The maximum Gasteiger partial charge on any atom is 0.242 e. The fraction of sp³-hybridized carbons (Fsp3) is 0.261. The molecule has 1 atom stereocenters. The lowest BCUT2D eigenvalue weighted by Crippen LogP contribution is -2.33. The lowest BCUT2D eigenvalue weighted by atomic mass is 10.1. The van der Waals surface area contributed by atoms with Crippen LogP contribution in [0, 0.1) is 20.8 Å². The molecule has 1 unspecified atom stereocenters. The second-order valence-corrected chi connectivity index (χ2v) is 8.75. The van der Waals surface area contributed by atoms with E-state index in [0.29, 0.717) is 22.4 Å². The fourth-order valence-electron chi connectivity index (χ4n) is 3.04. The van der Waals surface area contributed by atoms with Crippen molar-refractivity contribution in [1.29, 1.82) is 0 Å². The molecule has 1 saturated heterocycles. The highest BCUT2D eigenvalue weighted by atomic mass is 35.5. The molecule has 30 heavy (non-hydrogen) atoms. The van der Waals surface area contributed by atoms with Gasteiger partial charge in [0.25, 0.3) is 0 Å². The summed E-state index contributed by atoms with van der Waals surface area (Å²) in [5, 5.41) is 3.55. The first-order valence-electron chi connectivity index (χ1n) is 9.60. The van der Waals surface area contributed by atoms with Gasteiger partial charge in [-0.3, -0.25) is 14.5 Å². The van der Waals surface area contributed by atoms with Gasteiger partial charge in [0.1, 0.15) is 5.25 Å². The van der Waals surface area contributed by atoms with Crippen molar-refractivity contribution >= 4 is 51.7 Å². The highest BCUT2D eigenvalue weighted by Gasteiger charge is 2.38. The first-order valence-corrected chi connectivity index (χ1v) is 10.9. The molecule has 1 heterocycles. The van der Waals surface area contributed by atoms with E-state index >= 15 is 0 Å². The van der Waals surface area contributed by atoms with Gasteiger partial charge in [0.15, 0.2) is 5.17 Å². The maximum atomic E-state index is 12.9. The summed E-state index contributed by atoms with van der Waals surface area (Å²) in [5.74, 6) is -0.347. The third-order valence-electron chi connectivity index (χ3n) is 4.96. The van der Waals surface area contributed by atoms with Crippen LogP contribution in [0.2, 0.25) is 5.02 Å². The van der Waals surface area contributed by atoms with E-state index < -0.39 is 5.25 Å². The molecule has 7 heteroatoms. The number of aliphatic imine (C=N–C) groups is 1. The summed E-state index contributed by atoms with van der Waals surface area (Å²) in [6.45, 7) is 9.93. The van der Waals surface area contributed by atoms with Crippen molar-refractivity contribution in [2.75, 3.05) is 11.9 Å². The Morgan fingerprint density at radius 2 is 2.03 bits per heavy atom. The predicted octanol–water partition coefficient (Wildman–Crippen LogP) is 5.41. The summed E-state index contributed by atoms with van der Waals surface area (Å²) in [7, 11) is 0. The number of nitrogens with one attached hydrogen (secondary N) is 1. The molecule has 2 aromatic rings. The molecule has 3 rings (SSSR count). The van der Waals surface area contributed by atoms with E-state index in [1.165, 1.54) is 11.8 Å². The van der Waals surface area contributed by atoms with Crippen LogP contribution in [0.4, 0.5) is 11.4 Å². The molecule has 1 N–H and O–H groups in total. The molecular weight excluding hydrogens is 418 g/mol. The minimum atomic E-state index is -0.533. The smallest absolute Gasteiger partial charge is 0.242 e. The van der Waals surface area contributed by atoms with E-state index in [4.69, 9.17) is 11.6 Å². The van der Waals surface area contributed by atoms with Crippen molar-refractivity contribution < 1.29 is 9.59 Å². The van der Waals surface area contributed by atoms with Gasteiger partial charge < -0.3 is 5.32 Å². The second kappa shape index (κ2) is 9.49. The van der Waals surface area contributed by atoms with E-state index in [2.05, 4.69) is 16.9 Å². The molecule has 2 aromatic carbocycles. The van der Waals surface area contributed by atoms with E-state index in [1.54, 1.807) is 17.0 Å². The zero-order valence-electron chi connectivity index (χ0n) is 17.2. The van der Waals surface area contributed by atoms with Crippen LogP contribution >= 0.6 is 23.4 Å². The number of rotatable bonds is 6. The number of carbonyl (C=O) groups is 2. The highest BCUT2D eigenvalue weighted by molar-refractivity contribution is 8.15. The van der Waals surface area contributed by atoms with Crippen LogP contribution in [0.15, 0.2) is 54.0 Å². The number of aryl methyl sites for hydroxylation is 2. The Hall–Kier alpha value is -2.57. The fourth-order valence-corrected chi connectivity index (χ4v) is 4.38. The molecule has 0 aromatic heterocycles. The van der Waals surface area contributed by atoms with Gasteiger partial charge in [-0.1, -0.05) is 47.6 Å². The minimum absolute atomic E-state index is 0.0677. The molecule has 5 nitrogen and oxygen atoms in total. The molecular formula is C23H24ClN3O2S. The van der Waals surface area contributed by atoms with Gasteiger partial charge in [-0.05, 0) is 55.7 Å². The number of benzene rings is 2. The van der Waals surface area contributed by atoms with Gasteiger partial charge in [0, 0.05) is 23.7 Å². The maximum absolute atomic E-state index is 12.9. The number of hydrogen-bond donors (Lipinski definition) is 1. The molecule has 1 aliphatic heterocycles. The zero-order chi connectivity index (χ0) is 21.8. The van der Waals surface area contributed by atoms with E-state index in [-0.39, 0.29) is 18.2 Å². The molecule has 156 valence electrons. The average Bonchev–Trinajstić information content (AvgIpc) is 2.97. The van der Waals surface area contributed by atoms with E-state index in [0.717, 1.165) is 22.4 Å². The summed E-state index contributed by atoms with van der Waals surface area (Å²) in [6, 6.07) is 11.3. The third kappa shape index (κ3) is 4.94. The summed E-state index contributed by atoms with van der Waals surface area (Å²) in [4.78, 5) is 31.7. The Bertz CT molecular complexity index is 1040. The van der Waals surface area contributed by atoms with Gasteiger partial charge in [-0.15, -0.1) is 6.58 Å². The van der Waals surface area contributed by atoms with Crippen LogP contribution in [0.25, 0.3) is 0 Å². The molecule has 0 saturated carbocycles. The Kier molecular flexibility index (Phi) is 7.00. The number of carbonyl (C=O) groups excluding carboxylic acids is 2. The quantitative estimate of drug-likeness (QED) is 0.609. The lowest BCUT2D eigenvalue weighted by molar-refractivity contribution is -0.127. The van der Waals surface area contributed by atoms with Crippen molar-refractivity contribution in [1.82, 2.24) is 4.90 Å². The molecule has 0 radical (unpaired) electrons. The van der Waals surface area contributed by atoms with Gasteiger partial charge in [-0.25, -0.2) is 4.99 Å². The predicted molar refractivity (Wildman–Crippen MR) is 126 cm³/mol. The number of anilines is 1. The van der Waals surface area contributed by atoms with Crippen molar-refractivity contribution in [2.24, 2.45) is 4.99 Å². The van der Waals surface area contributed by atoms with Crippen molar-refractivity contribution in [3.8, 4) is 0 Å². The zero-order valence-corrected chi connectivity index (χ0v) is 18.8. The number of amidine groups is 1. The summed E-state index contributed by atoms with van der Waals surface area (Å²) in [6.07, 6.45) is 1.72. The average molecular weight is 442 g/mol. The Balaban J connectivity index is 1.77. The normalized spacial score (nSPS) is 17.5. The lowest BCUT2D eigenvalue weighted by Gasteiger charge is -2.14. The number of amides is 2. The first-order chi connectivity index (χ1) is 14.3. The molecule has 0 bridgehead atoms. The van der Waals surface area contributed by atoms with Crippen LogP contribution in [0.3, 0.4) is 0 Å². The number of hydrogen-bond acceptors (Lipinski definition) is 4. The Morgan fingerprint density at radius 3 is 2.73 bits per heavy atom. The number of nitrogens with zero attached hydrogens (tertiary/aromatic N) is 2. The van der Waals surface area contributed by atoms with Crippen molar-refractivity contribution in [3.05, 3.63) is 70.8 Å². The van der Waals surface area contributed by atoms with Gasteiger partial charge >= 0.3 is 0 Å². The van der Waals surface area contributed by atoms with Crippen molar-refractivity contribution in [2.45, 2.75) is 32.4 Å².